The number of ether oxygens (including phenoxy) is 1. The van der Waals surface area contributed by atoms with E-state index in [2.05, 4.69) is 21.2 Å². The van der Waals surface area contributed by atoms with Crippen LogP contribution in [0.25, 0.3) is 0 Å². The average Bonchev–Trinajstić information content (AvgIpc) is 3.27. The first-order valence-electron chi connectivity index (χ1n) is 10.8. The van der Waals surface area contributed by atoms with Crippen molar-refractivity contribution >= 4 is 50.9 Å². The van der Waals surface area contributed by atoms with Crippen molar-refractivity contribution in [3.8, 4) is 5.75 Å². The quantitative estimate of drug-likeness (QED) is 0.423. The highest BCUT2D eigenvalue weighted by Crippen LogP contribution is 2.28. The Morgan fingerprint density at radius 1 is 1.12 bits per heavy atom. The number of hydrogen-bond acceptors (Lipinski definition) is 3. The van der Waals surface area contributed by atoms with Crippen LogP contribution in [0.15, 0.2) is 46.9 Å². The summed E-state index contributed by atoms with van der Waals surface area (Å²) in [4.78, 5) is 28.0. The predicted octanol–water partition coefficient (Wildman–Crippen LogP) is 6.00. The molecule has 8 heteroatoms. The molecule has 0 aromatic heterocycles. The van der Waals surface area contributed by atoms with Gasteiger partial charge in [0.15, 0.2) is 6.61 Å². The molecule has 172 valence electrons. The first kappa shape index (κ1) is 24.9. The van der Waals surface area contributed by atoms with E-state index >= 15 is 0 Å². The van der Waals surface area contributed by atoms with Crippen LogP contribution in [0.5, 0.6) is 5.75 Å². The summed E-state index contributed by atoms with van der Waals surface area (Å²) in [5.41, 5.74) is 0.891. The summed E-state index contributed by atoms with van der Waals surface area (Å²) in [5, 5.41) is 4.32. The maximum atomic E-state index is 13.3. The molecule has 1 aliphatic rings. The Labute approximate surface area is 207 Å². The van der Waals surface area contributed by atoms with Crippen LogP contribution >= 0.6 is 39.1 Å². The van der Waals surface area contributed by atoms with Gasteiger partial charge in [-0.1, -0.05) is 55.1 Å². The molecule has 0 saturated heterocycles. The summed E-state index contributed by atoms with van der Waals surface area (Å²) in [6.45, 7) is 2.01. The number of hydrogen-bond donors (Lipinski definition) is 1. The van der Waals surface area contributed by atoms with Gasteiger partial charge in [-0.3, -0.25) is 9.59 Å². The molecule has 1 N–H and O–H groups in total. The minimum absolute atomic E-state index is 0.116. The van der Waals surface area contributed by atoms with E-state index in [0.717, 1.165) is 31.2 Å². The van der Waals surface area contributed by atoms with Gasteiger partial charge in [0.2, 0.25) is 5.91 Å². The summed E-state index contributed by atoms with van der Waals surface area (Å²) < 4.78 is 6.41. The highest BCUT2D eigenvalue weighted by molar-refractivity contribution is 9.10. The Bertz CT molecular complexity index is 933. The number of nitrogens with one attached hydrogen (secondary N) is 1. The average molecular weight is 542 g/mol. The second kappa shape index (κ2) is 11.9. The van der Waals surface area contributed by atoms with Crippen LogP contribution in [0.1, 0.15) is 44.6 Å². The van der Waals surface area contributed by atoms with E-state index in [4.69, 9.17) is 27.9 Å². The third-order valence-corrected chi connectivity index (χ3v) is 6.71. The fraction of sp³-hybridized carbons (Fsp3) is 0.417. The molecule has 2 aromatic carbocycles. The van der Waals surface area contributed by atoms with Gasteiger partial charge in [-0.15, -0.1) is 0 Å². The molecule has 2 amide bonds. The van der Waals surface area contributed by atoms with Crippen molar-refractivity contribution in [1.82, 2.24) is 10.2 Å². The van der Waals surface area contributed by atoms with Crippen molar-refractivity contribution in [2.45, 2.75) is 57.7 Å². The van der Waals surface area contributed by atoms with E-state index in [1.54, 1.807) is 35.2 Å². The molecule has 1 atom stereocenters. The number of halogens is 3. The Morgan fingerprint density at radius 3 is 2.41 bits per heavy atom. The second-order valence-corrected chi connectivity index (χ2v) is 9.65. The number of benzene rings is 2. The number of amides is 2. The summed E-state index contributed by atoms with van der Waals surface area (Å²) in [6.07, 6.45) is 4.72. The molecule has 1 unspecified atom stereocenters. The van der Waals surface area contributed by atoms with Crippen LogP contribution in [0.3, 0.4) is 0 Å². The van der Waals surface area contributed by atoms with Crippen molar-refractivity contribution in [3.05, 3.63) is 62.5 Å². The summed E-state index contributed by atoms with van der Waals surface area (Å²) in [5.74, 6) is 0.127. The Morgan fingerprint density at radius 2 is 1.78 bits per heavy atom. The van der Waals surface area contributed by atoms with Crippen LogP contribution in [-0.4, -0.2) is 35.4 Å². The summed E-state index contributed by atoms with van der Waals surface area (Å²) in [7, 11) is 0. The molecule has 3 rings (SSSR count). The lowest BCUT2D eigenvalue weighted by molar-refractivity contribution is -0.143. The molecule has 0 heterocycles. The first-order valence-corrected chi connectivity index (χ1v) is 12.3. The lowest BCUT2D eigenvalue weighted by Gasteiger charge is -2.31. The molecule has 2 aromatic rings. The molecule has 0 bridgehead atoms. The molecule has 1 aliphatic carbocycles. The van der Waals surface area contributed by atoms with Crippen LogP contribution in [0.4, 0.5) is 0 Å². The highest BCUT2D eigenvalue weighted by Gasteiger charge is 2.31. The van der Waals surface area contributed by atoms with E-state index in [9.17, 15) is 9.59 Å². The molecule has 0 spiro atoms. The number of rotatable bonds is 9. The van der Waals surface area contributed by atoms with E-state index < -0.39 is 6.04 Å². The van der Waals surface area contributed by atoms with Crippen LogP contribution in [-0.2, 0) is 16.1 Å². The minimum atomic E-state index is -0.587. The van der Waals surface area contributed by atoms with Gasteiger partial charge >= 0.3 is 0 Å². The van der Waals surface area contributed by atoms with Gasteiger partial charge in [0.25, 0.3) is 5.91 Å². The normalized spacial score (nSPS) is 14.8. The Balaban J connectivity index is 1.76. The molecular formula is C24H27BrCl2N2O3. The number of nitrogens with zero attached hydrogens (tertiary/aromatic N) is 1. The van der Waals surface area contributed by atoms with Gasteiger partial charge in [0.05, 0.1) is 4.47 Å². The second-order valence-electron chi connectivity index (χ2n) is 7.93. The standard InChI is InChI=1S/C24H27BrCl2N2O3/c1-2-21(24(31)28-19-5-3-4-6-19)29(14-16-7-9-17(26)10-8-16)23(30)15-32-22-12-11-18(27)13-20(22)25/h7-13,19,21H,2-6,14-15H2,1H3,(H,28,31). The SMILES string of the molecule is CCC(C(=O)NC1CCCC1)N(Cc1ccc(Cl)cc1)C(=O)COc1ccc(Cl)cc1Br. The van der Waals surface area contributed by atoms with Gasteiger partial charge in [-0.25, -0.2) is 0 Å². The van der Waals surface area contributed by atoms with E-state index in [1.165, 1.54) is 0 Å². The highest BCUT2D eigenvalue weighted by atomic mass is 79.9. The zero-order chi connectivity index (χ0) is 23.1. The molecule has 0 radical (unpaired) electrons. The fourth-order valence-corrected chi connectivity index (χ4v) is 4.81. The van der Waals surface area contributed by atoms with E-state index in [1.807, 2.05) is 19.1 Å². The van der Waals surface area contributed by atoms with E-state index in [-0.39, 0.29) is 31.0 Å². The largest absolute Gasteiger partial charge is 0.483 e. The van der Waals surface area contributed by atoms with Crippen molar-refractivity contribution in [3.63, 3.8) is 0 Å². The zero-order valence-corrected chi connectivity index (χ0v) is 21.0. The van der Waals surface area contributed by atoms with E-state index in [0.29, 0.717) is 26.7 Å². The van der Waals surface area contributed by atoms with Crippen molar-refractivity contribution in [2.24, 2.45) is 0 Å². The van der Waals surface area contributed by atoms with Crippen LogP contribution in [0.2, 0.25) is 10.0 Å². The molecule has 1 saturated carbocycles. The third kappa shape index (κ3) is 6.87. The van der Waals surface area contributed by atoms with Gasteiger partial charge in [-0.2, -0.15) is 0 Å². The molecular weight excluding hydrogens is 515 g/mol. The van der Waals surface area contributed by atoms with Crippen molar-refractivity contribution in [2.75, 3.05) is 6.61 Å². The van der Waals surface area contributed by atoms with Crippen molar-refractivity contribution < 1.29 is 14.3 Å². The van der Waals surface area contributed by atoms with Gasteiger partial charge in [0, 0.05) is 22.6 Å². The first-order chi connectivity index (χ1) is 15.4. The Hall–Kier alpha value is -1.76. The topological polar surface area (TPSA) is 58.6 Å². The molecule has 5 nitrogen and oxygen atoms in total. The zero-order valence-electron chi connectivity index (χ0n) is 18.0. The maximum Gasteiger partial charge on any atom is 0.261 e. The van der Waals surface area contributed by atoms with Gasteiger partial charge in [-0.05, 0) is 71.1 Å². The maximum absolute atomic E-state index is 13.3. The third-order valence-electron chi connectivity index (χ3n) is 5.60. The van der Waals surface area contributed by atoms with Gasteiger partial charge in [0.1, 0.15) is 11.8 Å². The van der Waals surface area contributed by atoms with Gasteiger partial charge < -0.3 is 15.0 Å². The molecule has 32 heavy (non-hydrogen) atoms. The fourth-order valence-electron chi connectivity index (χ4n) is 3.89. The van der Waals surface area contributed by atoms with Crippen LogP contribution < -0.4 is 10.1 Å². The number of carbonyl (C=O) groups excluding carboxylic acids is 2. The molecule has 1 fully saturated rings. The Kier molecular flexibility index (Phi) is 9.26. The smallest absolute Gasteiger partial charge is 0.261 e. The predicted molar refractivity (Wildman–Crippen MR) is 131 cm³/mol. The minimum Gasteiger partial charge on any atom is -0.483 e. The van der Waals surface area contributed by atoms with Crippen LogP contribution in [0, 0.1) is 0 Å². The summed E-state index contributed by atoms with van der Waals surface area (Å²) >= 11 is 15.4. The monoisotopic (exact) mass is 540 g/mol. The lowest BCUT2D eigenvalue weighted by atomic mass is 10.1. The molecule has 0 aliphatic heterocycles. The number of carbonyl (C=O) groups is 2. The lowest BCUT2D eigenvalue weighted by Crippen LogP contribution is -2.52. The summed E-state index contributed by atoms with van der Waals surface area (Å²) in [6, 6.07) is 12.0. The van der Waals surface area contributed by atoms with Crippen molar-refractivity contribution in [1.29, 1.82) is 0 Å².